The van der Waals surface area contributed by atoms with Crippen LogP contribution in [0.5, 0.6) is 0 Å². The molecule has 2 aromatic rings. The monoisotopic (exact) mass is 436 g/mol. The lowest BCUT2D eigenvalue weighted by molar-refractivity contribution is 0.0985. The Morgan fingerprint density at radius 2 is 2.07 bits per heavy atom. The molecular formula is C19H28N6O4S. The van der Waals surface area contributed by atoms with Crippen molar-refractivity contribution in [2.45, 2.75) is 62.8 Å². The van der Waals surface area contributed by atoms with E-state index >= 15 is 0 Å². The van der Waals surface area contributed by atoms with Gasteiger partial charge in [-0.1, -0.05) is 0 Å². The van der Waals surface area contributed by atoms with Crippen molar-refractivity contribution in [3.63, 3.8) is 0 Å². The van der Waals surface area contributed by atoms with Gasteiger partial charge in [-0.15, -0.1) is 10.2 Å². The maximum Gasteiger partial charge on any atom is 0.240 e. The molecule has 0 aromatic carbocycles. The summed E-state index contributed by atoms with van der Waals surface area (Å²) in [6.45, 7) is 6.76. The van der Waals surface area contributed by atoms with Gasteiger partial charge in [-0.3, -0.25) is 19.3 Å². The summed E-state index contributed by atoms with van der Waals surface area (Å²) in [5.41, 5.74) is 1.03. The number of hydrogen-bond acceptors (Lipinski definition) is 8. The molecule has 2 aliphatic rings. The van der Waals surface area contributed by atoms with Crippen molar-refractivity contribution in [2.75, 3.05) is 25.0 Å². The van der Waals surface area contributed by atoms with Crippen LogP contribution in [0.25, 0.3) is 0 Å². The van der Waals surface area contributed by atoms with Crippen LogP contribution >= 0.6 is 0 Å². The van der Waals surface area contributed by atoms with E-state index in [2.05, 4.69) is 31.8 Å². The van der Waals surface area contributed by atoms with Crippen LogP contribution in [0.15, 0.2) is 12.4 Å². The van der Waals surface area contributed by atoms with Gasteiger partial charge in [0.25, 0.3) is 0 Å². The first-order chi connectivity index (χ1) is 14.2. The summed E-state index contributed by atoms with van der Waals surface area (Å²) in [7, 11) is -2.38. The Morgan fingerprint density at radius 3 is 2.63 bits per heavy atom. The van der Waals surface area contributed by atoms with Gasteiger partial charge >= 0.3 is 0 Å². The number of hydrogen-bond donors (Lipinski definition) is 1. The van der Waals surface area contributed by atoms with Crippen LogP contribution in [-0.2, 0) is 25.0 Å². The molecule has 0 unspecified atom stereocenters. The minimum atomic E-state index is -3.85. The molecule has 1 saturated heterocycles. The zero-order valence-electron chi connectivity index (χ0n) is 17.7. The van der Waals surface area contributed by atoms with Gasteiger partial charge in [0.15, 0.2) is 0 Å². The molecule has 1 N–H and O–H groups in total. The number of anilines is 1. The third kappa shape index (κ3) is 3.93. The van der Waals surface area contributed by atoms with Crippen LogP contribution in [0, 0.1) is 6.92 Å². The predicted molar refractivity (Wildman–Crippen MR) is 110 cm³/mol. The fraction of sp³-hybridized carbons (Fsp3) is 0.684. The highest BCUT2D eigenvalue weighted by molar-refractivity contribution is 7.93. The van der Waals surface area contributed by atoms with E-state index in [-0.39, 0.29) is 17.4 Å². The molecule has 1 aliphatic heterocycles. The summed E-state index contributed by atoms with van der Waals surface area (Å²) in [5, 5.41) is 7.61. The minimum Gasteiger partial charge on any atom is -0.381 e. The summed E-state index contributed by atoms with van der Waals surface area (Å²) >= 11 is 0. The third-order valence-corrected chi connectivity index (χ3v) is 7.69. The van der Waals surface area contributed by atoms with Gasteiger partial charge in [0, 0.05) is 31.4 Å². The summed E-state index contributed by atoms with van der Waals surface area (Å²) in [6.07, 6.45) is 5.13. The SMILES string of the molecule is CO[C@H](c1cnc(C)cn1)[C@H](C)S(=O)(=O)Nc1nnc([C@H]2CCOC2)n1C1(C)CC1. The van der Waals surface area contributed by atoms with Gasteiger partial charge in [-0.2, -0.15) is 0 Å². The molecule has 11 heteroatoms. The fourth-order valence-electron chi connectivity index (χ4n) is 3.79. The first-order valence-corrected chi connectivity index (χ1v) is 11.7. The molecule has 0 radical (unpaired) electrons. The van der Waals surface area contributed by atoms with Crippen molar-refractivity contribution in [3.8, 4) is 0 Å². The van der Waals surface area contributed by atoms with Crippen LogP contribution in [0.4, 0.5) is 5.95 Å². The highest BCUT2D eigenvalue weighted by Crippen LogP contribution is 2.47. The molecule has 0 spiro atoms. The van der Waals surface area contributed by atoms with Gasteiger partial charge in [0.05, 0.1) is 24.2 Å². The van der Waals surface area contributed by atoms with E-state index in [1.165, 1.54) is 7.11 Å². The van der Waals surface area contributed by atoms with E-state index in [4.69, 9.17) is 9.47 Å². The lowest BCUT2D eigenvalue weighted by Crippen LogP contribution is -2.34. The second kappa shape index (κ2) is 7.86. The normalized spacial score (nSPS) is 22.6. The average Bonchev–Trinajstić information content (AvgIpc) is 3.12. The molecule has 10 nitrogen and oxygen atoms in total. The third-order valence-electron chi connectivity index (χ3n) is 5.99. The Hall–Kier alpha value is -2.11. The van der Waals surface area contributed by atoms with Gasteiger partial charge in [0.2, 0.25) is 16.0 Å². The molecule has 2 aromatic heterocycles. The largest absolute Gasteiger partial charge is 0.381 e. The zero-order chi connectivity index (χ0) is 21.5. The smallest absolute Gasteiger partial charge is 0.240 e. The molecular weight excluding hydrogens is 408 g/mol. The maximum absolute atomic E-state index is 13.2. The van der Waals surface area contributed by atoms with E-state index in [0.717, 1.165) is 30.8 Å². The molecule has 0 amide bonds. The highest BCUT2D eigenvalue weighted by atomic mass is 32.2. The van der Waals surface area contributed by atoms with Crippen LogP contribution in [0.1, 0.15) is 62.3 Å². The summed E-state index contributed by atoms with van der Waals surface area (Å²) in [5.74, 6) is 1.15. The van der Waals surface area contributed by atoms with Crippen LogP contribution in [-0.4, -0.2) is 58.7 Å². The van der Waals surface area contributed by atoms with Crippen molar-refractivity contribution < 1.29 is 17.9 Å². The summed E-state index contributed by atoms with van der Waals surface area (Å²) in [4.78, 5) is 8.49. The Kier molecular flexibility index (Phi) is 5.54. The topological polar surface area (TPSA) is 121 Å². The fourth-order valence-corrected chi connectivity index (χ4v) is 4.94. The molecule has 3 atom stereocenters. The molecule has 0 bridgehead atoms. The first-order valence-electron chi connectivity index (χ1n) is 10.1. The molecule has 1 saturated carbocycles. The molecule has 30 heavy (non-hydrogen) atoms. The molecule has 1 aliphatic carbocycles. The van der Waals surface area contributed by atoms with E-state index < -0.39 is 21.4 Å². The van der Waals surface area contributed by atoms with Crippen LogP contribution in [0.2, 0.25) is 0 Å². The van der Waals surface area contributed by atoms with Crippen molar-refractivity contribution in [2.24, 2.45) is 0 Å². The summed E-state index contributed by atoms with van der Waals surface area (Å²) in [6, 6.07) is 0. The van der Waals surface area contributed by atoms with Gasteiger partial charge in [-0.05, 0) is 40.0 Å². The molecule has 4 rings (SSSR count). The number of ether oxygens (including phenoxy) is 2. The Morgan fingerprint density at radius 1 is 1.30 bits per heavy atom. The number of aryl methyl sites for hydroxylation is 1. The van der Waals surface area contributed by atoms with E-state index in [1.807, 2.05) is 11.5 Å². The predicted octanol–water partition coefficient (Wildman–Crippen LogP) is 1.91. The average molecular weight is 437 g/mol. The second-order valence-corrected chi connectivity index (χ2v) is 10.4. The quantitative estimate of drug-likeness (QED) is 0.666. The zero-order valence-corrected chi connectivity index (χ0v) is 18.5. The second-order valence-electron chi connectivity index (χ2n) is 8.37. The number of nitrogens with one attached hydrogen (secondary N) is 1. The molecule has 2 fully saturated rings. The van der Waals surface area contributed by atoms with Gasteiger partial charge < -0.3 is 9.47 Å². The van der Waals surface area contributed by atoms with Gasteiger partial charge in [-0.25, -0.2) is 8.42 Å². The Labute approximate surface area is 176 Å². The standard InChI is InChI=1S/C19H28N6O4S/c1-12-9-21-15(10-20-12)16(28-4)13(2)30(26,27)24-18-23-22-17(14-5-8-29-11-14)25(18)19(3)6-7-19/h9-10,13-14,16H,5-8,11H2,1-4H3,(H,23,24)/t13-,14-,16-/m0/s1. The lowest BCUT2D eigenvalue weighted by Gasteiger charge is -2.24. The van der Waals surface area contributed by atoms with Crippen molar-refractivity contribution in [3.05, 3.63) is 29.6 Å². The highest BCUT2D eigenvalue weighted by Gasteiger charge is 2.45. The van der Waals surface area contributed by atoms with Crippen molar-refractivity contribution in [1.29, 1.82) is 0 Å². The van der Waals surface area contributed by atoms with E-state index in [0.29, 0.717) is 18.9 Å². The van der Waals surface area contributed by atoms with Crippen molar-refractivity contribution >= 4 is 16.0 Å². The Bertz CT molecular complexity index is 997. The number of sulfonamides is 1. The number of nitrogens with zero attached hydrogens (tertiary/aromatic N) is 5. The van der Waals surface area contributed by atoms with E-state index in [9.17, 15) is 8.42 Å². The summed E-state index contributed by atoms with van der Waals surface area (Å²) < 4.78 is 42.0. The van der Waals surface area contributed by atoms with Gasteiger partial charge in [0.1, 0.15) is 17.2 Å². The number of aromatic nitrogens is 5. The minimum absolute atomic E-state index is 0.125. The number of methoxy groups -OCH3 is 1. The maximum atomic E-state index is 13.2. The first kappa shape index (κ1) is 21.1. The Balaban J connectivity index is 1.62. The van der Waals surface area contributed by atoms with Crippen LogP contribution in [0.3, 0.4) is 0 Å². The van der Waals surface area contributed by atoms with Crippen LogP contribution < -0.4 is 4.72 Å². The molecule has 3 heterocycles. The number of rotatable bonds is 8. The lowest BCUT2D eigenvalue weighted by atomic mass is 10.1. The van der Waals surface area contributed by atoms with Crippen molar-refractivity contribution in [1.82, 2.24) is 24.7 Å². The van der Waals surface area contributed by atoms with E-state index in [1.54, 1.807) is 19.3 Å². The molecule has 164 valence electrons.